The number of nitrogens with zero attached hydrogens (tertiary/aromatic N) is 3. The van der Waals surface area contributed by atoms with E-state index in [9.17, 15) is 9.59 Å². The van der Waals surface area contributed by atoms with Gasteiger partial charge in [0.15, 0.2) is 0 Å². The number of fused-ring (bicyclic) bond motifs is 1. The molecule has 2 aromatic rings. The Morgan fingerprint density at radius 3 is 2.82 bits per heavy atom. The Morgan fingerprint density at radius 1 is 1.36 bits per heavy atom. The number of carbonyl (C=O) groups is 1. The van der Waals surface area contributed by atoms with Crippen molar-refractivity contribution < 1.29 is 4.79 Å². The molecule has 1 N–H and O–H groups in total. The highest BCUT2D eigenvalue weighted by Gasteiger charge is 2.24. The number of carbonyl (C=O) groups excluding carboxylic acids is 1. The van der Waals surface area contributed by atoms with Crippen LogP contribution in [-0.2, 0) is 18.3 Å². The maximum Gasteiger partial charge on any atom is 0.274 e. The van der Waals surface area contributed by atoms with Crippen molar-refractivity contribution in [1.29, 1.82) is 0 Å². The first-order chi connectivity index (χ1) is 10.6. The quantitative estimate of drug-likeness (QED) is 0.866. The average molecular weight is 300 g/mol. The first kappa shape index (κ1) is 14.7. The molecule has 1 aliphatic heterocycles. The van der Waals surface area contributed by atoms with Crippen molar-refractivity contribution in [3.05, 3.63) is 40.3 Å². The number of hydrogen-bond donors (Lipinski definition) is 1. The Kier molecular flexibility index (Phi) is 3.94. The van der Waals surface area contributed by atoms with Gasteiger partial charge in [0.1, 0.15) is 0 Å². The largest absolute Gasteiger partial charge is 0.337 e. The maximum absolute atomic E-state index is 12.6. The highest BCUT2D eigenvalue weighted by molar-refractivity contribution is 5.88. The van der Waals surface area contributed by atoms with Crippen molar-refractivity contribution in [3.8, 4) is 0 Å². The lowest BCUT2D eigenvalue weighted by Crippen LogP contribution is -2.52. The van der Waals surface area contributed by atoms with Gasteiger partial charge >= 0.3 is 0 Å². The van der Waals surface area contributed by atoms with E-state index in [4.69, 9.17) is 0 Å². The first-order valence-corrected chi connectivity index (χ1v) is 7.53. The van der Waals surface area contributed by atoms with Crippen molar-refractivity contribution in [2.75, 3.05) is 19.6 Å². The van der Waals surface area contributed by atoms with Crippen molar-refractivity contribution in [2.24, 2.45) is 7.05 Å². The lowest BCUT2D eigenvalue weighted by molar-refractivity contribution is -0.133. The number of amides is 1. The van der Waals surface area contributed by atoms with Crippen LogP contribution in [0, 0.1) is 0 Å². The van der Waals surface area contributed by atoms with E-state index in [1.165, 1.54) is 4.68 Å². The summed E-state index contributed by atoms with van der Waals surface area (Å²) >= 11 is 0. The molecule has 6 nitrogen and oxygen atoms in total. The molecule has 0 saturated carbocycles. The fourth-order valence-electron chi connectivity index (χ4n) is 2.96. The Bertz CT molecular complexity index is 768. The van der Waals surface area contributed by atoms with Gasteiger partial charge < -0.3 is 10.2 Å². The standard InChI is InChI=1S/C16H20N4O2/c1-11-10-17-7-8-20(11)15(21)9-14-12-5-3-4-6-13(12)16(22)19(2)18-14/h3-6,11,17H,7-10H2,1-2H3/t11-/m0/s1. The van der Waals surface area contributed by atoms with Gasteiger partial charge in [-0.3, -0.25) is 9.59 Å². The summed E-state index contributed by atoms with van der Waals surface area (Å²) in [7, 11) is 1.62. The minimum Gasteiger partial charge on any atom is -0.337 e. The van der Waals surface area contributed by atoms with Gasteiger partial charge in [-0.1, -0.05) is 18.2 Å². The summed E-state index contributed by atoms with van der Waals surface area (Å²) in [6.07, 6.45) is 0.221. The highest BCUT2D eigenvalue weighted by Crippen LogP contribution is 2.15. The van der Waals surface area contributed by atoms with Gasteiger partial charge in [-0.15, -0.1) is 0 Å². The summed E-state index contributed by atoms with van der Waals surface area (Å²) in [5.41, 5.74) is 0.524. The lowest BCUT2D eigenvalue weighted by Gasteiger charge is -2.34. The summed E-state index contributed by atoms with van der Waals surface area (Å²) in [5, 5.41) is 8.95. The van der Waals surface area contributed by atoms with Crippen LogP contribution in [-0.4, -0.2) is 46.3 Å². The third-order valence-corrected chi connectivity index (χ3v) is 4.17. The molecule has 1 aromatic carbocycles. The third-order valence-electron chi connectivity index (χ3n) is 4.17. The SMILES string of the molecule is C[C@H]1CNCCN1C(=O)Cc1nn(C)c(=O)c2ccccc12. The van der Waals surface area contributed by atoms with Gasteiger partial charge in [0.2, 0.25) is 5.91 Å². The molecule has 1 aliphatic rings. The van der Waals surface area contributed by atoms with Crippen LogP contribution in [0.2, 0.25) is 0 Å². The Morgan fingerprint density at radius 2 is 2.09 bits per heavy atom. The summed E-state index contributed by atoms with van der Waals surface area (Å²) in [6, 6.07) is 7.51. The molecule has 0 bridgehead atoms. The average Bonchev–Trinajstić information content (AvgIpc) is 2.52. The molecular formula is C16H20N4O2. The van der Waals surface area contributed by atoms with E-state index < -0.39 is 0 Å². The molecule has 6 heteroatoms. The van der Waals surface area contributed by atoms with E-state index in [0.717, 1.165) is 18.5 Å². The minimum atomic E-state index is -0.137. The number of piperazine rings is 1. The van der Waals surface area contributed by atoms with E-state index in [0.29, 0.717) is 17.6 Å². The number of nitrogens with one attached hydrogen (secondary N) is 1. The predicted octanol–water partition coefficient (Wildman–Crippen LogP) is 0.296. The molecule has 1 amide bonds. The van der Waals surface area contributed by atoms with E-state index in [2.05, 4.69) is 10.4 Å². The number of rotatable bonds is 2. The normalized spacial score (nSPS) is 18.6. The Balaban J connectivity index is 1.95. The van der Waals surface area contributed by atoms with Gasteiger partial charge in [0.05, 0.1) is 17.5 Å². The van der Waals surface area contributed by atoms with Crippen LogP contribution in [0.4, 0.5) is 0 Å². The fourth-order valence-corrected chi connectivity index (χ4v) is 2.96. The van der Waals surface area contributed by atoms with Crippen molar-refractivity contribution in [2.45, 2.75) is 19.4 Å². The second-order valence-corrected chi connectivity index (χ2v) is 5.74. The zero-order chi connectivity index (χ0) is 15.7. The summed E-state index contributed by atoms with van der Waals surface area (Å²) in [6.45, 7) is 4.38. The topological polar surface area (TPSA) is 67.2 Å². The second-order valence-electron chi connectivity index (χ2n) is 5.74. The molecule has 1 aromatic heterocycles. The summed E-state index contributed by atoms with van der Waals surface area (Å²) < 4.78 is 1.31. The molecule has 0 radical (unpaired) electrons. The van der Waals surface area contributed by atoms with Crippen LogP contribution in [0.3, 0.4) is 0 Å². The van der Waals surface area contributed by atoms with Crippen LogP contribution in [0.5, 0.6) is 0 Å². The summed E-state index contributed by atoms with van der Waals surface area (Å²) in [5.74, 6) is 0.0605. The smallest absolute Gasteiger partial charge is 0.274 e. The molecule has 116 valence electrons. The van der Waals surface area contributed by atoms with Gasteiger partial charge in [-0.2, -0.15) is 5.10 Å². The summed E-state index contributed by atoms with van der Waals surface area (Å²) in [4.78, 5) is 26.6. The zero-order valence-electron chi connectivity index (χ0n) is 12.9. The fraction of sp³-hybridized carbons (Fsp3) is 0.438. The van der Waals surface area contributed by atoms with Gasteiger partial charge in [0, 0.05) is 38.1 Å². The van der Waals surface area contributed by atoms with Crippen LogP contribution in [0.25, 0.3) is 10.8 Å². The van der Waals surface area contributed by atoms with E-state index in [1.807, 2.05) is 30.0 Å². The maximum atomic E-state index is 12.6. The molecule has 1 atom stereocenters. The van der Waals surface area contributed by atoms with Crippen LogP contribution < -0.4 is 10.9 Å². The predicted molar refractivity (Wildman–Crippen MR) is 84.7 cm³/mol. The molecule has 0 aliphatic carbocycles. The number of aryl methyl sites for hydroxylation is 1. The molecule has 0 unspecified atom stereocenters. The molecule has 3 rings (SSSR count). The third kappa shape index (κ3) is 2.62. The Labute approximate surface area is 128 Å². The molecule has 2 heterocycles. The molecule has 1 fully saturated rings. The highest BCUT2D eigenvalue weighted by atomic mass is 16.2. The van der Waals surface area contributed by atoms with E-state index >= 15 is 0 Å². The number of aromatic nitrogens is 2. The van der Waals surface area contributed by atoms with E-state index in [-0.39, 0.29) is 23.9 Å². The number of hydrogen-bond acceptors (Lipinski definition) is 4. The zero-order valence-corrected chi connectivity index (χ0v) is 12.9. The molecule has 22 heavy (non-hydrogen) atoms. The number of benzene rings is 1. The van der Waals surface area contributed by atoms with Gasteiger partial charge in [-0.05, 0) is 13.0 Å². The van der Waals surface area contributed by atoms with Crippen LogP contribution in [0.1, 0.15) is 12.6 Å². The Hall–Kier alpha value is -2.21. The van der Waals surface area contributed by atoms with Gasteiger partial charge in [0.25, 0.3) is 5.56 Å². The van der Waals surface area contributed by atoms with Crippen LogP contribution >= 0.6 is 0 Å². The monoisotopic (exact) mass is 300 g/mol. The van der Waals surface area contributed by atoms with Crippen LogP contribution in [0.15, 0.2) is 29.1 Å². The second kappa shape index (κ2) is 5.88. The first-order valence-electron chi connectivity index (χ1n) is 7.53. The minimum absolute atomic E-state index is 0.0605. The molecule has 0 spiro atoms. The molecular weight excluding hydrogens is 280 g/mol. The molecule has 1 saturated heterocycles. The van der Waals surface area contributed by atoms with Gasteiger partial charge in [-0.25, -0.2) is 4.68 Å². The lowest BCUT2D eigenvalue weighted by atomic mass is 10.1. The van der Waals surface area contributed by atoms with E-state index in [1.54, 1.807) is 13.1 Å². The van der Waals surface area contributed by atoms with Crippen molar-refractivity contribution in [3.63, 3.8) is 0 Å². The van der Waals surface area contributed by atoms with Crippen molar-refractivity contribution in [1.82, 2.24) is 20.0 Å². The van der Waals surface area contributed by atoms with Crippen molar-refractivity contribution >= 4 is 16.7 Å².